The number of fused-ring (bicyclic) bond motifs is 1. The van der Waals surface area contributed by atoms with Crippen molar-refractivity contribution >= 4 is 39.6 Å². The van der Waals surface area contributed by atoms with E-state index < -0.39 is 0 Å². The number of ether oxygens (including phenoxy) is 1. The average Bonchev–Trinajstić information content (AvgIpc) is 3.51. The predicted octanol–water partition coefficient (Wildman–Crippen LogP) is 2.93. The van der Waals surface area contributed by atoms with Crippen LogP contribution in [-0.2, 0) is 4.74 Å². The Labute approximate surface area is 218 Å². The number of amides is 2. The van der Waals surface area contributed by atoms with Crippen LogP contribution >= 0.6 is 11.3 Å². The first-order valence-corrected chi connectivity index (χ1v) is 13.0. The normalized spacial score (nSPS) is 14.0. The molecule has 0 aliphatic carbocycles. The second-order valence-corrected chi connectivity index (χ2v) is 9.58. The molecule has 37 heavy (non-hydrogen) atoms. The molecule has 1 aliphatic rings. The van der Waals surface area contributed by atoms with Gasteiger partial charge in [-0.15, -0.1) is 11.3 Å². The summed E-state index contributed by atoms with van der Waals surface area (Å²) in [4.78, 5) is 36.2. The fraction of sp³-hybridized carbons (Fsp3) is 0.308. The van der Waals surface area contributed by atoms with Crippen molar-refractivity contribution in [2.45, 2.75) is 6.92 Å². The Hall–Kier alpha value is -3.80. The SMILES string of the molecule is CNC(=O)c1ccc(Nc2nc(-c3c(C)nc4cc(C(=O)NCCN5CCOCC5)ccn34)cs2)cc1. The van der Waals surface area contributed by atoms with Gasteiger partial charge in [-0.05, 0) is 43.3 Å². The van der Waals surface area contributed by atoms with E-state index in [4.69, 9.17) is 9.72 Å². The predicted molar refractivity (Wildman–Crippen MR) is 144 cm³/mol. The molecule has 4 heterocycles. The van der Waals surface area contributed by atoms with Gasteiger partial charge in [-0.1, -0.05) is 0 Å². The van der Waals surface area contributed by atoms with Crippen molar-refractivity contribution in [3.8, 4) is 11.4 Å². The molecular weight excluding hydrogens is 490 g/mol. The summed E-state index contributed by atoms with van der Waals surface area (Å²) in [6, 6.07) is 10.8. The van der Waals surface area contributed by atoms with Crippen molar-refractivity contribution in [1.29, 1.82) is 0 Å². The maximum atomic E-state index is 12.7. The molecule has 0 unspecified atom stereocenters. The van der Waals surface area contributed by atoms with Crippen molar-refractivity contribution in [3.63, 3.8) is 0 Å². The van der Waals surface area contributed by atoms with Crippen molar-refractivity contribution in [2.75, 3.05) is 51.8 Å². The second-order valence-electron chi connectivity index (χ2n) is 8.72. The number of hydrogen-bond donors (Lipinski definition) is 3. The summed E-state index contributed by atoms with van der Waals surface area (Å²) in [6.45, 7) is 6.62. The minimum absolute atomic E-state index is 0.111. The molecule has 3 N–H and O–H groups in total. The Morgan fingerprint density at radius 2 is 1.84 bits per heavy atom. The lowest BCUT2D eigenvalue weighted by Crippen LogP contribution is -2.41. The van der Waals surface area contributed by atoms with E-state index in [2.05, 4.69) is 25.8 Å². The lowest BCUT2D eigenvalue weighted by molar-refractivity contribution is 0.0383. The molecule has 192 valence electrons. The van der Waals surface area contributed by atoms with Crippen molar-refractivity contribution in [1.82, 2.24) is 29.9 Å². The summed E-state index contributed by atoms with van der Waals surface area (Å²) >= 11 is 1.49. The van der Waals surface area contributed by atoms with Crippen LogP contribution < -0.4 is 16.0 Å². The molecule has 1 aliphatic heterocycles. The van der Waals surface area contributed by atoms with E-state index in [1.54, 1.807) is 31.3 Å². The van der Waals surface area contributed by atoms with Gasteiger partial charge in [0, 0.05) is 61.6 Å². The molecule has 0 atom stereocenters. The summed E-state index contributed by atoms with van der Waals surface area (Å²) in [5.74, 6) is -0.236. The van der Waals surface area contributed by atoms with Crippen LogP contribution in [0.1, 0.15) is 26.4 Å². The van der Waals surface area contributed by atoms with Crippen molar-refractivity contribution in [2.24, 2.45) is 0 Å². The van der Waals surface area contributed by atoms with Crippen LogP contribution in [0.2, 0.25) is 0 Å². The summed E-state index contributed by atoms with van der Waals surface area (Å²) in [5.41, 5.74) is 5.21. The highest BCUT2D eigenvalue weighted by atomic mass is 32.1. The van der Waals surface area contributed by atoms with Gasteiger partial charge in [-0.2, -0.15) is 0 Å². The molecule has 0 spiro atoms. The van der Waals surface area contributed by atoms with Crippen molar-refractivity contribution < 1.29 is 14.3 Å². The maximum Gasteiger partial charge on any atom is 0.251 e. The smallest absolute Gasteiger partial charge is 0.251 e. The van der Waals surface area contributed by atoms with E-state index in [1.807, 2.05) is 35.0 Å². The van der Waals surface area contributed by atoms with Crippen LogP contribution in [0.15, 0.2) is 48.0 Å². The second kappa shape index (κ2) is 11.1. The third-order valence-corrected chi connectivity index (χ3v) is 7.01. The zero-order valence-corrected chi connectivity index (χ0v) is 21.6. The third kappa shape index (κ3) is 5.63. The quantitative estimate of drug-likeness (QED) is 0.328. The Bertz CT molecular complexity index is 1410. The number of aromatic nitrogens is 3. The van der Waals surface area contributed by atoms with Gasteiger partial charge in [0.25, 0.3) is 11.8 Å². The van der Waals surface area contributed by atoms with Gasteiger partial charge in [0.2, 0.25) is 0 Å². The molecule has 1 fully saturated rings. The van der Waals surface area contributed by atoms with Crippen LogP contribution in [0.4, 0.5) is 10.8 Å². The van der Waals surface area contributed by atoms with Gasteiger partial charge >= 0.3 is 0 Å². The lowest BCUT2D eigenvalue weighted by atomic mass is 10.2. The number of nitrogens with zero attached hydrogens (tertiary/aromatic N) is 4. The van der Waals surface area contributed by atoms with Crippen LogP contribution in [0.25, 0.3) is 17.0 Å². The number of morpholine rings is 1. The molecule has 11 heteroatoms. The molecule has 0 bridgehead atoms. The molecule has 1 saturated heterocycles. The highest BCUT2D eigenvalue weighted by Gasteiger charge is 2.17. The summed E-state index contributed by atoms with van der Waals surface area (Å²) < 4.78 is 7.32. The number of carbonyl (C=O) groups excluding carboxylic acids is 2. The average molecular weight is 520 g/mol. The van der Waals surface area contributed by atoms with Gasteiger partial charge in [0.05, 0.1) is 24.6 Å². The van der Waals surface area contributed by atoms with Crippen LogP contribution in [0.5, 0.6) is 0 Å². The zero-order chi connectivity index (χ0) is 25.8. The molecule has 0 saturated carbocycles. The highest BCUT2D eigenvalue weighted by molar-refractivity contribution is 7.14. The van der Waals surface area contributed by atoms with Gasteiger partial charge in [-0.25, -0.2) is 9.97 Å². The first kappa shape index (κ1) is 24.9. The topological polar surface area (TPSA) is 113 Å². The largest absolute Gasteiger partial charge is 0.379 e. The minimum atomic E-state index is -0.125. The summed E-state index contributed by atoms with van der Waals surface area (Å²) in [5, 5.41) is 11.6. The van der Waals surface area contributed by atoms with E-state index >= 15 is 0 Å². The van der Waals surface area contributed by atoms with Gasteiger partial charge in [0.15, 0.2) is 5.13 Å². The monoisotopic (exact) mass is 519 g/mol. The molecule has 0 radical (unpaired) electrons. The van der Waals surface area contributed by atoms with Gasteiger partial charge < -0.3 is 20.7 Å². The molecule has 4 aromatic rings. The van der Waals surface area contributed by atoms with Crippen LogP contribution in [0, 0.1) is 6.92 Å². The van der Waals surface area contributed by atoms with E-state index in [9.17, 15) is 9.59 Å². The first-order chi connectivity index (χ1) is 18.0. The highest BCUT2D eigenvalue weighted by Crippen LogP contribution is 2.30. The summed E-state index contributed by atoms with van der Waals surface area (Å²) in [6.07, 6.45) is 1.87. The number of nitrogens with one attached hydrogen (secondary N) is 3. The molecule has 2 amide bonds. The molecule has 1 aromatic carbocycles. The number of benzene rings is 1. The molecule has 10 nitrogen and oxygen atoms in total. The molecule has 5 rings (SSSR count). The number of hydrogen-bond acceptors (Lipinski definition) is 8. The van der Waals surface area contributed by atoms with E-state index in [0.29, 0.717) is 23.3 Å². The number of thiazole rings is 1. The molecular formula is C26H29N7O3S. The number of rotatable bonds is 8. The van der Waals surface area contributed by atoms with Crippen LogP contribution in [-0.4, -0.2) is 77.5 Å². The first-order valence-electron chi connectivity index (χ1n) is 12.1. The Morgan fingerprint density at radius 1 is 1.05 bits per heavy atom. The summed E-state index contributed by atoms with van der Waals surface area (Å²) in [7, 11) is 1.61. The maximum absolute atomic E-state index is 12.7. The Morgan fingerprint density at radius 3 is 2.59 bits per heavy atom. The Balaban J connectivity index is 1.27. The third-order valence-electron chi connectivity index (χ3n) is 6.25. The lowest BCUT2D eigenvalue weighted by Gasteiger charge is -2.26. The standard InChI is InChI=1S/C26H29N7O3S/c1-17-23(21-16-37-26(31-21)30-20-5-3-18(4-6-20)24(34)27-2)33-9-7-19(15-22(33)29-17)25(35)28-8-10-32-11-13-36-14-12-32/h3-7,9,15-16H,8,10-14H2,1-2H3,(H,27,34)(H,28,35)(H,30,31). The number of imidazole rings is 1. The number of anilines is 2. The fourth-order valence-electron chi connectivity index (χ4n) is 4.28. The van der Waals surface area contributed by atoms with Gasteiger partial charge in [-0.3, -0.25) is 18.9 Å². The molecule has 3 aromatic heterocycles. The number of carbonyl (C=O) groups is 2. The van der Waals surface area contributed by atoms with E-state index in [0.717, 1.165) is 60.7 Å². The minimum Gasteiger partial charge on any atom is -0.379 e. The van der Waals surface area contributed by atoms with Crippen LogP contribution in [0.3, 0.4) is 0 Å². The number of pyridine rings is 1. The van der Waals surface area contributed by atoms with E-state index in [-0.39, 0.29) is 11.8 Å². The van der Waals surface area contributed by atoms with E-state index in [1.165, 1.54) is 11.3 Å². The fourth-order valence-corrected chi connectivity index (χ4v) is 4.99. The Kier molecular flexibility index (Phi) is 7.45. The number of aryl methyl sites for hydroxylation is 1. The van der Waals surface area contributed by atoms with Crippen molar-refractivity contribution in [3.05, 3.63) is 64.8 Å². The van der Waals surface area contributed by atoms with Gasteiger partial charge in [0.1, 0.15) is 11.3 Å². The zero-order valence-electron chi connectivity index (χ0n) is 20.8.